The van der Waals surface area contributed by atoms with Crippen LogP contribution in [0.1, 0.15) is 21.8 Å². The van der Waals surface area contributed by atoms with Crippen molar-refractivity contribution in [2.24, 2.45) is 0 Å². The van der Waals surface area contributed by atoms with Gasteiger partial charge in [0.1, 0.15) is 5.37 Å². The van der Waals surface area contributed by atoms with Crippen LogP contribution in [-0.4, -0.2) is 16.0 Å². The van der Waals surface area contributed by atoms with E-state index in [0.29, 0.717) is 5.82 Å². The molecule has 0 saturated heterocycles. The number of thioether (sulfide) groups is 1. The van der Waals surface area contributed by atoms with E-state index < -0.39 is 5.37 Å². The lowest BCUT2D eigenvalue weighted by Crippen LogP contribution is -2.27. The molecule has 2 aromatic heterocycles. The second kappa shape index (κ2) is 6.27. The van der Waals surface area contributed by atoms with Crippen molar-refractivity contribution >= 4 is 17.7 Å². The first-order valence-electron chi connectivity index (χ1n) is 6.15. The summed E-state index contributed by atoms with van der Waals surface area (Å²) in [7, 11) is 0. The lowest BCUT2D eigenvalue weighted by atomic mass is 10.4. The Morgan fingerprint density at radius 3 is 2.71 bits per heavy atom. The Hall–Kier alpha value is -2.54. The molecule has 3 aromatic rings. The zero-order valence-electron chi connectivity index (χ0n) is 10.8. The molecule has 1 atom stereocenters. The molecule has 7 heteroatoms. The summed E-state index contributed by atoms with van der Waals surface area (Å²) in [5.41, 5.74) is 0. The van der Waals surface area contributed by atoms with Crippen molar-refractivity contribution in [3.05, 3.63) is 66.7 Å². The molecular formula is C14H11N3O3S. The molecule has 2 heterocycles. The van der Waals surface area contributed by atoms with Crippen molar-refractivity contribution in [1.82, 2.24) is 15.5 Å². The van der Waals surface area contributed by atoms with Crippen LogP contribution in [0, 0.1) is 0 Å². The van der Waals surface area contributed by atoms with E-state index in [2.05, 4.69) is 15.5 Å². The summed E-state index contributed by atoms with van der Waals surface area (Å²) < 4.78 is 9.83. The van der Waals surface area contributed by atoms with Crippen LogP contribution in [0.5, 0.6) is 0 Å². The van der Waals surface area contributed by atoms with E-state index in [1.165, 1.54) is 24.4 Å². The number of benzene rings is 1. The number of aromatic nitrogens is 2. The molecule has 21 heavy (non-hydrogen) atoms. The molecule has 0 fully saturated rings. The fourth-order valence-corrected chi connectivity index (χ4v) is 2.64. The number of carbonyl (C=O) groups excluding carboxylic acids is 1. The van der Waals surface area contributed by atoms with Gasteiger partial charge in [-0.25, -0.2) is 0 Å². The maximum Gasteiger partial charge on any atom is 0.288 e. The van der Waals surface area contributed by atoms with Crippen molar-refractivity contribution in [1.29, 1.82) is 0 Å². The Bertz CT molecular complexity index is 684. The Morgan fingerprint density at radius 1 is 1.19 bits per heavy atom. The van der Waals surface area contributed by atoms with E-state index in [0.717, 1.165) is 4.90 Å². The van der Waals surface area contributed by atoms with E-state index in [1.54, 1.807) is 12.1 Å². The number of rotatable bonds is 5. The highest BCUT2D eigenvalue weighted by molar-refractivity contribution is 7.99. The first kappa shape index (κ1) is 13.4. The molecule has 1 amide bonds. The van der Waals surface area contributed by atoms with E-state index in [4.69, 9.17) is 8.94 Å². The lowest BCUT2D eigenvalue weighted by molar-refractivity contribution is 0.0920. The van der Waals surface area contributed by atoms with Gasteiger partial charge in [-0.1, -0.05) is 35.1 Å². The number of carbonyl (C=O) groups is 1. The van der Waals surface area contributed by atoms with Gasteiger partial charge in [0.25, 0.3) is 5.91 Å². The summed E-state index contributed by atoms with van der Waals surface area (Å²) >= 11 is 1.41. The van der Waals surface area contributed by atoms with Gasteiger partial charge in [0, 0.05) is 4.90 Å². The highest BCUT2D eigenvalue weighted by Crippen LogP contribution is 2.31. The van der Waals surface area contributed by atoms with Crippen LogP contribution in [-0.2, 0) is 0 Å². The fraction of sp³-hybridized carbons (Fsp3) is 0.0714. The third-order valence-electron chi connectivity index (χ3n) is 2.62. The van der Waals surface area contributed by atoms with Gasteiger partial charge in [-0.15, -0.1) is 0 Å². The Labute approximate surface area is 124 Å². The maximum atomic E-state index is 12.1. The van der Waals surface area contributed by atoms with Gasteiger partial charge in [0.2, 0.25) is 12.2 Å². The largest absolute Gasteiger partial charge is 0.459 e. The van der Waals surface area contributed by atoms with E-state index in [9.17, 15) is 4.79 Å². The monoisotopic (exact) mass is 301 g/mol. The summed E-state index contributed by atoms with van der Waals surface area (Å²) in [6.45, 7) is 0. The summed E-state index contributed by atoms with van der Waals surface area (Å²) in [4.78, 5) is 17.1. The van der Waals surface area contributed by atoms with Gasteiger partial charge >= 0.3 is 0 Å². The van der Waals surface area contributed by atoms with Gasteiger partial charge in [0.15, 0.2) is 5.76 Å². The van der Waals surface area contributed by atoms with Crippen molar-refractivity contribution in [3.8, 4) is 0 Å². The van der Waals surface area contributed by atoms with Gasteiger partial charge in [-0.3, -0.25) is 4.79 Å². The molecule has 3 rings (SSSR count). The molecule has 106 valence electrons. The highest BCUT2D eigenvalue weighted by atomic mass is 32.2. The molecule has 0 aliphatic heterocycles. The summed E-state index contributed by atoms with van der Waals surface area (Å²) in [5, 5.41) is 6.14. The first-order valence-corrected chi connectivity index (χ1v) is 7.03. The Kier molecular flexibility index (Phi) is 4.02. The summed E-state index contributed by atoms with van der Waals surface area (Å²) in [6, 6.07) is 12.9. The van der Waals surface area contributed by atoms with E-state index >= 15 is 0 Å². The number of amides is 1. The van der Waals surface area contributed by atoms with E-state index in [1.807, 2.05) is 30.3 Å². The van der Waals surface area contributed by atoms with Gasteiger partial charge in [0.05, 0.1) is 6.26 Å². The van der Waals surface area contributed by atoms with Crippen LogP contribution in [0.15, 0.2) is 69.0 Å². The molecule has 1 N–H and O–H groups in total. The van der Waals surface area contributed by atoms with Crippen molar-refractivity contribution in [3.63, 3.8) is 0 Å². The zero-order chi connectivity index (χ0) is 14.5. The second-order valence-corrected chi connectivity index (χ2v) is 5.23. The Morgan fingerprint density at radius 2 is 2.05 bits per heavy atom. The zero-order valence-corrected chi connectivity index (χ0v) is 11.6. The average Bonchev–Trinajstić information content (AvgIpc) is 3.21. The van der Waals surface area contributed by atoms with Crippen LogP contribution in [0.3, 0.4) is 0 Å². The van der Waals surface area contributed by atoms with Crippen LogP contribution in [0.4, 0.5) is 0 Å². The number of furan rings is 1. The first-order chi connectivity index (χ1) is 10.3. The molecule has 1 aromatic carbocycles. The van der Waals surface area contributed by atoms with Gasteiger partial charge < -0.3 is 14.3 Å². The number of nitrogens with one attached hydrogen (secondary N) is 1. The standard InChI is InChI=1S/C14H11N3O3S/c18-13(11-7-4-8-19-11)16-14(12-15-9-20-17-12)21-10-5-2-1-3-6-10/h1-9,14H,(H,16,18). The minimum absolute atomic E-state index is 0.233. The second-order valence-electron chi connectivity index (χ2n) is 4.05. The third kappa shape index (κ3) is 3.32. The molecule has 0 radical (unpaired) electrons. The maximum absolute atomic E-state index is 12.1. The van der Waals surface area contributed by atoms with Crippen LogP contribution < -0.4 is 5.32 Å². The Balaban J connectivity index is 1.78. The number of hydrogen-bond donors (Lipinski definition) is 1. The molecule has 0 aliphatic carbocycles. The van der Waals surface area contributed by atoms with Crippen LogP contribution in [0.2, 0.25) is 0 Å². The van der Waals surface area contributed by atoms with Crippen LogP contribution in [0.25, 0.3) is 0 Å². The van der Waals surface area contributed by atoms with Gasteiger partial charge in [-0.05, 0) is 24.3 Å². The van der Waals surface area contributed by atoms with E-state index in [-0.39, 0.29) is 11.7 Å². The van der Waals surface area contributed by atoms with Crippen molar-refractivity contribution in [2.45, 2.75) is 10.3 Å². The molecule has 0 bridgehead atoms. The predicted molar refractivity (Wildman–Crippen MR) is 75.5 cm³/mol. The minimum atomic E-state index is -0.469. The van der Waals surface area contributed by atoms with Crippen molar-refractivity contribution < 1.29 is 13.7 Å². The third-order valence-corrected chi connectivity index (χ3v) is 3.73. The average molecular weight is 301 g/mol. The SMILES string of the molecule is O=C(NC(Sc1ccccc1)c1ncon1)c1ccco1. The summed E-state index contributed by atoms with van der Waals surface area (Å²) in [6.07, 6.45) is 2.68. The molecule has 0 aliphatic rings. The van der Waals surface area contributed by atoms with Crippen LogP contribution >= 0.6 is 11.8 Å². The predicted octanol–water partition coefficient (Wildman–Crippen LogP) is 2.88. The number of nitrogens with zero attached hydrogens (tertiary/aromatic N) is 2. The fourth-order valence-electron chi connectivity index (χ4n) is 1.67. The topological polar surface area (TPSA) is 81.2 Å². The summed E-state index contributed by atoms with van der Waals surface area (Å²) in [5.74, 6) is 0.291. The molecule has 6 nitrogen and oxygen atoms in total. The normalized spacial score (nSPS) is 12.0. The molecule has 0 spiro atoms. The molecular weight excluding hydrogens is 290 g/mol. The molecule has 0 saturated carbocycles. The van der Waals surface area contributed by atoms with Gasteiger partial charge in [-0.2, -0.15) is 4.98 Å². The van der Waals surface area contributed by atoms with Crippen molar-refractivity contribution in [2.75, 3.05) is 0 Å². The molecule has 1 unspecified atom stereocenters. The number of hydrogen-bond acceptors (Lipinski definition) is 6. The quantitative estimate of drug-likeness (QED) is 0.576. The minimum Gasteiger partial charge on any atom is -0.459 e. The lowest BCUT2D eigenvalue weighted by Gasteiger charge is -2.14. The smallest absolute Gasteiger partial charge is 0.288 e. The highest BCUT2D eigenvalue weighted by Gasteiger charge is 2.22.